The molecule has 3 aromatic rings. The quantitative estimate of drug-likeness (QED) is 0.399. The van der Waals surface area contributed by atoms with E-state index in [-0.39, 0.29) is 12.3 Å². The first-order chi connectivity index (χ1) is 15.3. The van der Waals surface area contributed by atoms with Crippen molar-refractivity contribution in [2.24, 2.45) is 4.99 Å². The maximum atomic E-state index is 12.4. The fourth-order valence-electron chi connectivity index (χ4n) is 3.34. The van der Waals surface area contributed by atoms with E-state index in [9.17, 15) is 4.79 Å². The molecule has 0 atom stereocenters. The maximum Gasteiger partial charge on any atom is 0.250 e. The van der Waals surface area contributed by atoms with Gasteiger partial charge >= 0.3 is 0 Å². The highest BCUT2D eigenvalue weighted by Crippen LogP contribution is 2.15. The third-order valence-electron chi connectivity index (χ3n) is 4.99. The van der Waals surface area contributed by atoms with Crippen LogP contribution in [0.3, 0.4) is 0 Å². The first-order valence-corrected chi connectivity index (χ1v) is 11.2. The van der Waals surface area contributed by atoms with Crippen molar-refractivity contribution in [1.82, 2.24) is 9.78 Å². The summed E-state index contributed by atoms with van der Waals surface area (Å²) in [6.45, 7) is 2.84. The molecule has 5 nitrogen and oxygen atoms in total. The molecule has 5 heteroatoms. The summed E-state index contributed by atoms with van der Waals surface area (Å²) in [5.41, 5.74) is 1.85. The zero-order valence-corrected chi connectivity index (χ0v) is 18.2. The van der Waals surface area contributed by atoms with E-state index in [1.54, 1.807) is 16.9 Å². The Morgan fingerprint density at radius 3 is 2.35 bits per heavy atom. The van der Waals surface area contributed by atoms with Gasteiger partial charge in [0.05, 0.1) is 30.3 Å². The SMILES string of the molecule is CCCCCCCCOc1cc(=NC(=O)Cc2ccccc2)cnn1-c1ccccc1. The van der Waals surface area contributed by atoms with E-state index in [2.05, 4.69) is 17.0 Å². The summed E-state index contributed by atoms with van der Waals surface area (Å²) in [5.74, 6) is 0.390. The lowest BCUT2D eigenvalue weighted by atomic mass is 10.1. The topological polar surface area (TPSA) is 56.5 Å². The molecule has 0 saturated heterocycles. The van der Waals surface area contributed by atoms with Crippen LogP contribution in [0.5, 0.6) is 5.88 Å². The summed E-state index contributed by atoms with van der Waals surface area (Å²) in [6.07, 6.45) is 9.07. The predicted octanol–water partition coefficient (Wildman–Crippen LogP) is 5.28. The van der Waals surface area contributed by atoms with Crippen LogP contribution in [0.1, 0.15) is 51.0 Å². The molecular weight excluding hydrogens is 386 g/mol. The molecule has 2 aromatic carbocycles. The molecule has 162 valence electrons. The Bertz CT molecular complexity index is 998. The molecular formula is C26H31N3O2. The number of ether oxygens (including phenoxy) is 1. The molecule has 0 fully saturated rings. The van der Waals surface area contributed by atoms with E-state index in [0.29, 0.717) is 17.8 Å². The van der Waals surface area contributed by atoms with Crippen LogP contribution in [0.25, 0.3) is 5.69 Å². The number of amides is 1. The summed E-state index contributed by atoms with van der Waals surface area (Å²) in [7, 11) is 0. The second-order valence-electron chi connectivity index (χ2n) is 7.58. The number of nitrogens with zero attached hydrogens (tertiary/aromatic N) is 3. The number of carbonyl (C=O) groups is 1. The van der Waals surface area contributed by atoms with Gasteiger partial charge in [0.2, 0.25) is 5.88 Å². The summed E-state index contributed by atoms with van der Waals surface area (Å²) in [6, 6.07) is 21.3. The highest BCUT2D eigenvalue weighted by Gasteiger charge is 2.07. The van der Waals surface area contributed by atoms with Crippen LogP contribution in [-0.2, 0) is 11.2 Å². The molecule has 1 heterocycles. The minimum Gasteiger partial charge on any atom is -0.478 e. The van der Waals surface area contributed by atoms with E-state index in [0.717, 1.165) is 24.1 Å². The van der Waals surface area contributed by atoms with Crippen molar-refractivity contribution in [3.63, 3.8) is 0 Å². The van der Waals surface area contributed by atoms with E-state index in [4.69, 9.17) is 4.74 Å². The number of aromatic nitrogens is 2. The number of carbonyl (C=O) groups excluding carboxylic acids is 1. The van der Waals surface area contributed by atoms with Gasteiger partial charge in [0.1, 0.15) is 0 Å². The van der Waals surface area contributed by atoms with Gasteiger partial charge in [-0.05, 0) is 24.1 Å². The van der Waals surface area contributed by atoms with E-state index in [1.165, 1.54) is 25.7 Å². The molecule has 0 unspecified atom stereocenters. The molecule has 0 bridgehead atoms. The van der Waals surface area contributed by atoms with Gasteiger partial charge in [-0.25, -0.2) is 9.67 Å². The van der Waals surface area contributed by atoms with Crippen molar-refractivity contribution in [1.29, 1.82) is 0 Å². The second-order valence-corrected chi connectivity index (χ2v) is 7.58. The van der Waals surface area contributed by atoms with Crippen molar-refractivity contribution < 1.29 is 9.53 Å². The van der Waals surface area contributed by atoms with Crippen LogP contribution in [0.15, 0.2) is 77.9 Å². The summed E-state index contributed by atoms with van der Waals surface area (Å²) < 4.78 is 7.82. The number of rotatable bonds is 11. The van der Waals surface area contributed by atoms with Gasteiger partial charge in [0.15, 0.2) is 0 Å². The Morgan fingerprint density at radius 2 is 1.61 bits per heavy atom. The van der Waals surface area contributed by atoms with Gasteiger partial charge in [-0.1, -0.05) is 87.6 Å². The molecule has 0 aliphatic heterocycles. The van der Waals surface area contributed by atoms with Crippen LogP contribution < -0.4 is 10.1 Å². The van der Waals surface area contributed by atoms with Crippen LogP contribution in [0.4, 0.5) is 0 Å². The molecule has 0 spiro atoms. The third kappa shape index (κ3) is 7.52. The standard InChI is InChI=1S/C26H31N3O2/c1-2-3-4-5-6-13-18-31-26-20-23(21-27-29(26)24-16-11-8-12-17-24)28-25(30)19-22-14-9-7-10-15-22/h7-12,14-17,20-21H,2-6,13,18-19H2,1H3. The minimum absolute atomic E-state index is 0.202. The van der Waals surface area contributed by atoms with Crippen LogP contribution in [0.2, 0.25) is 0 Å². The lowest BCUT2D eigenvalue weighted by Gasteiger charge is -2.13. The van der Waals surface area contributed by atoms with Crippen molar-refractivity contribution in [3.05, 3.63) is 83.8 Å². The molecule has 31 heavy (non-hydrogen) atoms. The second kappa shape index (κ2) is 12.5. The monoisotopic (exact) mass is 417 g/mol. The normalized spacial score (nSPS) is 11.5. The van der Waals surface area contributed by atoms with E-state index < -0.39 is 0 Å². The molecule has 0 radical (unpaired) electrons. The summed E-state index contributed by atoms with van der Waals surface area (Å²) >= 11 is 0. The van der Waals surface area contributed by atoms with Gasteiger partial charge < -0.3 is 4.74 Å². The molecule has 1 aromatic heterocycles. The van der Waals surface area contributed by atoms with Gasteiger partial charge in [0.25, 0.3) is 5.91 Å². The number of hydrogen-bond donors (Lipinski definition) is 0. The van der Waals surface area contributed by atoms with E-state index >= 15 is 0 Å². The van der Waals surface area contributed by atoms with Crippen molar-refractivity contribution in [2.45, 2.75) is 51.9 Å². The zero-order chi connectivity index (χ0) is 21.7. The number of para-hydroxylation sites is 1. The lowest BCUT2D eigenvalue weighted by molar-refractivity contribution is -0.117. The molecule has 1 amide bonds. The van der Waals surface area contributed by atoms with Gasteiger partial charge in [-0.15, -0.1) is 0 Å². The lowest BCUT2D eigenvalue weighted by Crippen LogP contribution is -2.16. The first kappa shape index (κ1) is 22.5. The molecule has 0 N–H and O–H groups in total. The van der Waals surface area contributed by atoms with Crippen LogP contribution in [-0.4, -0.2) is 22.3 Å². The summed E-state index contributed by atoms with van der Waals surface area (Å²) in [5, 5.41) is 5.00. The molecule has 0 aliphatic rings. The first-order valence-electron chi connectivity index (χ1n) is 11.2. The van der Waals surface area contributed by atoms with Crippen LogP contribution >= 0.6 is 0 Å². The van der Waals surface area contributed by atoms with Crippen LogP contribution in [0, 0.1) is 0 Å². The van der Waals surface area contributed by atoms with E-state index in [1.807, 2.05) is 60.7 Å². The molecule has 3 rings (SSSR count). The van der Waals surface area contributed by atoms with Crippen molar-refractivity contribution in [3.8, 4) is 11.6 Å². The summed E-state index contributed by atoms with van der Waals surface area (Å²) in [4.78, 5) is 16.6. The van der Waals surface area contributed by atoms with Crippen molar-refractivity contribution >= 4 is 5.91 Å². The highest BCUT2D eigenvalue weighted by molar-refractivity contribution is 5.79. The molecule has 0 aliphatic carbocycles. The minimum atomic E-state index is -0.202. The largest absolute Gasteiger partial charge is 0.478 e. The van der Waals surface area contributed by atoms with Gasteiger partial charge in [-0.2, -0.15) is 5.10 Å². The number of hydrogen-bond acceptors (Lipinski definition) is 3. The Kier molecular flexibility index (Phi) is 9.05. The smallest absolute Gasteiger partial charge is 0.250 e. The average Bonchev–Trinajstić information content (AvgIpc) is 2.80. The number of unbranched alkanes of at least 4 members (excludes halogenated alkanes) is 5. The van der Waals surface area contributed by atoms with Gasteiger partial charge in [-0.3, -0.25) is 4.79 Å². The zero-order valence-electron chi connectivity index (χ0n) is 18.2. The predicted molar refractivity (Wildman–Crippen MR) is 123 cm³/mol. The molecule has 0 saturated carbocycles. The van der Waals surface area contributed by atoms with Gasteiger partial charge in [0, 0.05) is 6.07 Å². The maximum absolute atomic E-state index is 12.4. The Morgan fingerprint density at radius 1 is 0.935 bits per heavy atom. The van der Waals surface area contributed by atoms with Crippen molar-refractivity contribution in [2.75, 3.05) is 6.61 Å². The fraction of sp³-hybridized carbons (Fsp3) is 0.346. The number of benzene rings is 2. The Labute approximate surface area is 184 Å². The average molecular weight is 418 g/mol. The highest BCUT2D eigenvalue weighted by atomic mass is 16.5. The fourth-order valence-corrected chi connectivity index (χ4v) is 3.34. The Hall–Kier alpha value is -3.21. The third-order valence-corrected chi connectivity index (χ3v) is 4.99. The Balaban J connectivity index is 1.72.